The van der Waals surface area contributed by atoms with Crippen molar-refractivity contribution >= 4 is 30.1 Å². The van der Waals surface area contributed by atoms with Gasteiger partial charge in [-0.15, -0.1) is 12.4 Å². The fraction of sp³-hybridized carbons (Fsp3) is 0.400. The number of carbonyl (C=O) groups excluding carboxylic acids is 1. The van der Waals surface area contributed by atoms with Crippen molar-refractivity contribution in [3.8, 4) is 0 Å². The number of thioether (sulfide) groups is 1. The summed E-state index contributed by atoms with van der Waals surface area (Å²) in [7, 11) is 0. The highest BCUT2D eigenvalue weighted by atomic mass is 35.5. The third kappa shape index (κ3) is 5.04. The Kier molecular flexibility index (Phi) is 7.17. The molecule has 0 aliphatic rings. The summed E-state index contributed by atoms with van der Waals surface area (Å²) in [4.78, 5) is 15.2. The van der Waals surface area contributed by atoms with E-state index in [9.17, 15) is 4.79 Å². The van der Waals surface area contributed by atoms with Crippen LogP contribution < -0.4 is 5.73 Å². The summed E-state index contributed by atoms with van der Waals surface area (Å²) in [5.41, 5.74) is 5.28. The van der Waals surface area contributed by atoms with E-state index in [2.05, 4.69) is 4.98 Å². The maximum Gasteiger partial charge on any atom is 0.230 e. The van der Waals surface area contributed by atoms with Crippen LogP contribution in [-0.4, -0.2) is 16.1 Å². The summed E-state index contributed by atoms with van der Waals surface area (Å²) in [6, 6.07) is 5.64. The first-order chi connectivity index (χ1) is 6.74. The molecule has 84 valence electrons. The zero-order valence-corrected chi connectivity index (χ0v) is 10.2. The van der Waals surface area contributed by atoms with Crippen LogP contribution >= 0.6 is 24.2 Å². The van der Waals surface area contributed by atoms with E-state index >= 15 is 0 Å². The Balaban J connectivity index is 0.00000196. The van der Waals surface area contributed by atoms with Gasteiger partial charge >= 0.3 is 0 Å². The quantitative estimate of drug-likeness (QED) is 0.811. The fourth-order valence-electron chi connectivity index (χ4n) is 1.08. The minimum Gasteiger partial charge on any atom is -0.369 e. The van der Waals surface area contributed by atoms with E-state index in [4.69, 9.17) is 5.73 Å². The van der Waals surface area contributed by atoms with Crippen molar-refractivity contribution in [2.45, 2.75) is 30.0 Å². The Bertz CT molecular complexity index is 295. The molecular formula is C10H15ClN2OS. The van der Waals surface area contributed by atoms with E-state index in [1.807, 2.05) is 25.1 Å². The lowest BCUT2D eigenvalue weighted by Crippen LogP contribution is -2.25. The summed E-state index contributed by atoms with van der Waals surface area (Å²) < 4.78 is 0. The van der Waals surface area contributed by atoms with Crippen LogP contribution in [0, 0.1) is 0 Å². The Morgan fingerprint density at radius 1 is 1.60 bits per heavy atom. The predicted molar refractivity (Wildman–Crippen MR) is 65.2 cm³/mol. The molecule has 1 atom stereocenters. The minimum absolute atomic E-state index is 0. The average molecular weight is 247 g/mol. The third-order valence-electron chi connectivity index (χ3n) is 1.77. The second kappa shape index (κ2) is 7.54. The number of primary amides is 1. The molecule has 15 heavy (non-hydrogen) atoms. The molecule has 1 aromatic rings. The van der Waals surface area contributed by atoms with Gasteiger partial charge in [-0.1, -0.05) is 31.2 Å². The Hall–Kier alpha value is -0.740. The van der Waals surface area contributed by atoms with E-state index in [1.165, 1.54) is 11.8 Å². The van der Waals surface area contributed by atoms with Gasteiger partial charge in [0.15, 0.2) is 0 Å². The lowest BCUT2D eigenvalue weighted by molar-refractivity contribution is -0.117. The largest absolute Gasteiger partial charge is 0.369 e. The first-order valence-corrected chi connectivity index (χ1v) is 5.49. The molecule has 0 aliphatic carbocycles. The van der Waals surface area contributed by atoms with E-state index in [1.54, 1.807) is 6.20 Å². The molecule has 3 nitrogen and oxygen atoms in total. The monoisotopic (exact) mass is 246 g/mol. The molecule has 1 rings (SSSR count). The van der Waals surface area contributed by atoms with Gasteiger partial charge in [0.05, 0.1) is 10.3 Å². The van der Waals surface area contributed by atoms with Gasteiger partial charge in [-0.25, -0.2) is 4.98 Å². The van der Waals surface area contributed by atoms with E-state index in [0.29, 0.717) is 0 Å². The van der Waals surface area contributed by atoms with Gasteiger partial charge in [-0.2, -0.15) is 0 Å². The van der Waals surface area contributed by atoms with Crippen LogP contribution in [0.3, 0.4) is 0 Å². The Morgan fingerprint density at radius 3 is 2.80 bits per heavy atom. The van der Waals surface area contributed by atoms with Crippen molar-refractivity contribution in [1.82, 2.24) is 4.98 Å². The number of halogens is 1. The van der Waals surface area contributed by atoms with Crippen LogP contribution in [0.4, 0.5) is 0 Å². The fourth-order valence-corrected chi connectivity index (χ4v) is 2.12. The average Bonchev–Trinajstić information content (AvgIpc) is 2.18. The van der Waals surface area contributed by atoms with Gasteiger partial charge in [0, 0.05) is 6.20 Å². The topological polar surface area (TPSA) is 56.0 Å². The van der Waals surface area contributed by atoms with Crippen LogP contribution in [0.5, 0.6) is 0 Å². The minimum atomic E-state index is -0.262. The highest BCUT2D eigenvalue weighted by Crippen LogP contribution is 2.23. The summed E-state index contributed by atoms with van der Waals surface area (Å²) in [6.07, 6.45) is 3.47. The van der Waals surface area contributed by atoms with Crippen LogP contribution in [0.15, 0.2) is 29.4 Å². The molecule has 1 unspecified atom stereocenters. The second-order valence-electron chi connectivity index (χ2n) is 2.97. The van der Waals surface area contributed by atoms with Crippen molar-refractivity contribution in [3.63, 3.8) is 0 Å². The van der Waals surface area contributed by atoms with Gasteiger partial charge < -0.3 is 5.73 Å². The Morgan fingerprint density at radius 2 is 2.33 bits per heavy atom. The zero-order chi connectivity index (χ0) is 10.4. The van der Waals surface area contributed by atoms with Crippen molar-refractivity contribution in [2.75, 3.05) is 0 Å². The molecule has 1 amide bonds. The molecule has 1 aromatic heterocycles. The number of hydrogen-bond donors (Lipinski definition) is 1. The van der Waals surface area contributed by atoms with Crippen molar-refractivity contribution < 1.29 is 4.79 Å². The summed E-state index contributed by atoms with van der Waals surface area (Å²) in [5.74, 6) is -0.262. The van der Waals surface area contributed by atoms with E-state index in [-0.39, 0.29) is 23.6 Å². The van der Waals surface area contributed by atoms with Crippen LogP contribution in [0.2, 0.25) is 0 Å². The lowest BCUT2D eigenvalue weighted by atomic mass is 10.2. The lowest BCUT2D eigenvalue weighted by Gasteiger charge is -2.10. The van der Waals surface area contributed by atoms with Crippen molar-refractivity contribution in [3.05, 3.63) is 24.4 Å². The van der Waals surface area contributed by atoms with E-state index < -0.39 is 0 Å². The molecule has 0 saturated carbocycles. The number of hydrogen-bond acceptors (Lipinski definition) is 3. The molecular weight excluding hydrogens is 232 g/mol. The summed E-state index contributed by atoms with van der Waals surface area (Å²) in [6.45, 7) is 2.04. The molecule has 0 aliphatic heterocycles. The highest BCUT2D eigenvalue weighted by molar-refractivity contribution is 8.00. The number of rotatable bonds is 5. The number of aromatic nitrogens is 1. The van der Waals surface area contributed by atoms with Gasteiger partial charge in [-0.3, -0.25) is 4.79 Å². The van der Waals surface area contributed by atoms with Crippen LogP contribution in [0.25, 0.3) is 0 Å². The molecule has 0 spiro atoms. The normalized spacial score (nSPS) is 11.5. The third-order valence-corrected chi connectivity index (χ3v) is 3.00. The summed E-state index contributed by atoms with van der Waals surface area (Å²) >= 11 is 1.44. The molecule has 1 heterocycles. The summed E-state index contributed by atoms with van der Waals surface area (Å²) in [5, 5.41) is 0.694. The number of pyridine rings is 1. The molecule has 0 saturated heterocycles. The molecule has 0 bridgehead atoms. The molecule has 2 N–H and O–H groups in total. The Labute approximate surface area is 100 Å². The smallest absolute Gasteiger partial charge is 0.230 e. The SMILES string of the molecule is CCCC(Sc1ccccn1)C(N)=O.Cl. The van der Waals surface area contributed by atoms with Crippen molar-refractivity contribution in [1.29, 1.82) is 0 Å². The van der Waals surface area contributed by atoms with Gasteiger partial charge in [0.1, 0.15) is 0 Å². The molecule has 0 radical (unpaired) electrons. The van der Waals surface area contributed by atoms with Gasteiger partial charge in [0.2, 0.25) is 5.91 Å². The zero-order valence-electron chi connectivity index (χ0n) is 8.55. The molecule has 0 fully saturated rings. The first-order valence-electron chi connectivity index (χ1n) is 4.61. The first kappa shape index (κ1) is 14.3. The molecule has 5 heteroatoms. The number of carbonyl (C=O) groups is 1. The predicted octanol–water partition coefficient (Wildman–Crippen LogP) is 2.25. The van der Waals surface area contributed by atoms with Gasteiger partial charge in [-0.05, 0) is 18.6 Å². The highest BCUT2D eigenvalue weighted by Gasteiger charge is 2.15. The number of amides is 1. The molecule has 0 aromatic carbocycles. The number of nitrogens with two attached hydrogens (primary N) is 1. The standard InChI is InChI=1S/C10H14N2OS.ClH/c1-2-5-8(10(11)13)14-9-6-3-4-7-12-9;/h3-4,6-8H,2,5H2,1H3,(H2,11,13);1H. The van der Waals surface area contributed by atoms with Gasteiger partial charge in [0.25, 0.3) is 0 Å². The van der Waals surface area contributed by atoms with Crippen LogP contribution in [0.1, 0.15) is 19.8 Å². The number of nitrogens with zero attached hydrogens (tertiary/aromatic N) is 1. The van der Waals surface area contributed by atoms with Crippen LogP contribution in [-0.2, 0) is 4.79 Å². The van der Waals surface area contributed by atoms with E-state index in [0.717, 1.165) is 17.9 Å². The second-order valence-corrected chi connectivity index (χ2v) is 4.19. The maximum atomic E-state index is 11.1. The van der Waals surface area contributed by atoms with Crippen molar-refractivity contribution in [2.24, 2.45) is 5.73 Å². The maximum absolute atomic E-state index is 11.1.